The van der Waals surface area contributed by atoms with Crippen molar-refractivity contribution in [3.63, 3.8) is 0 Å². The summed E-state index contributed by atoms with van der Waals surface area (Å²) in [5, 5.41) is 3.18. The second-order valence-corrected chi connectivity index (χ2v) is 5.23. The van der Waals surface area contributed by atoms with Gasteiger partial charge in [-0.15, -0.1) is 0 Å². The Morgan fingerprint density at radius 1 is 1.40 bits per heavy atom. The van der Waals surface area contributed by atoms with Gasteiger partial charge in [0.25, 0.3) is 0 Å². The Labute approximate surface area is 121 Å². The molecule has 0 spiro atoms. The van der Waals surface area contributed by atoms with Crippen LogP contribution in [0.25, 0.3) is 0 Å². The summed E-state index contributed by atoms with van der Waals surface area (Å²) in [6, 6.07) is 0. The number of hydrogen-bond acceptors (Lipinski definition) is 5. The predicted octanol–water partition coefficient (Wildman–Crippen LogP) is 3.20. The molecule has 1 aromatic heterocycles. The highest BCUT2D eigenvalue weighted by molar-refractivity contribution is 5.90. The number of aromatic nitrogens is 2. The van der Waals surface area contributed by atoms with Crippen LogP contribution < -0.4 is 5.32 Å². The molecule has 20 heavy (non-hydrogen) atoms. The zero-order valence-corrected chi connectivity index (χ0v) is 12.9. The van der Waals surface area contributed by atoms with Crippen molar-refractivity contribution in [3.05, 3.63) is 17.5 Å². The zero-order valence-electron chi connectivity index (χ0n) is 12.9. The summed E-state index contributed by atoms with van der Waals surface area (Å²) in [7, 11) is 0. The third-order valence-electron chi connectivity index (χ3n) is 2.97. The van der Waals surface area contributed by atoms with Gasteiger partial charge in [-0.05, 0) is 26.2 Å². The molecule has 0 saturated carbocycles. The van der Waals surface area contributed by atoms with Crippen LogP contribution in [-0.2, 0) is 4.74 Å². The SMILES string of the molecule is CCOC(=O)c1cnc(NCCCCC(C)C)nc1C. The number of nitrogens with one attached hydrogen (secondary N) is 1. The molecule has 0 aliphatic rings. The molecule has 0 aliphatic heterocycles. The summed E-state index contributed by atoms with van der Waals surface area (Å²) in [5.74, 6) is 0.950. The number of esters is 1. The fourth-order valence-corrected chi connectivity index (χ4v) is 1.84. The molecule has 0 fully saturated rings. The predicted molar refractivity (Wildman–Crippen MR) is 79.9 cm³/mol. The van der Waals surface area contributed by atoms with Gasteiger partial charge in [0, 0.05) is 12.7 Å². The van der Waals surface area contributed by atoms with Crippen molar-refractivity contribution in [2.75, 3.05) is 18.5 Å². The molecule has 1 heterocycles. The van der Waals surface area contributed by atoms with E-state index in [0.29, 0.717) is 23.8 Å². The lowest BCUT2D eigenvalue weighted by Crippen LogP contribution is -2.12. The summed E-state index contributed by atoms with van der Waals surface area (Å²) in [6.07, 6.45) is 5.06. The minimum atomic E-state index is -0.367. The number of anilines is 1. The molecule has 5 heteroatoms. The van der Waals surface area contributed by atoms with Crippen LogP contribution in [0, 0.1) is 12.8 Å². The van der Waals surface area contributed by atoms with E-state index in [1.54, 1.807) is 13.8 Å². The van der Waals surface area contributed by atoms with E-state index in [4.69, 9.17) is 4.74 Å². The van der Waals surface area contributed by atoms with Gasteiger partial charge in [-0.1, -0.05) is 26.7 Å². The summed E-state index contributed by atoms with van der Waals surface area (Å²) in [5.41, 5.74) is 1.07. The van der Waals surface area contributed by atoms with Gasteiger partial charge in [-0.3, -0.25) is 0 Å². The van der Waals surface area contributed by atoms with Gasteiger partial charge < -0.3 is 10.1 Å². The normalized spacial score (nSPS) is 10.7. The first kappa shape index (κ1) is 16.4. The topological polar surface area (TPSA) is 64.1 Å². The van der Waals surface area contributed by atoms with Gasteiger partial charge in [-0.2, -0.15) is 0 Å². The monoisotopic (exact) mass is 279 g/mol. The molecule has 0 unspecified atom stereocenters. The van der Waals surface area contributed by atoms with Crippen LogP contribution in [0.2, 0.25) is 0 Å². The smallest absolute Gasteiger partial charge is 0.341 e. The van der Waals surface area contributed by atoms with Crippen LogP contribution in [0.1, 0.15) is 56.1 Å². The Morgan fingerprint density at radius 2 is 2.15 bits per heavy atom. The van der Waals surface area contributed by atoms with Gasteiger partial charge in [0.15, 0.2) is 0 Å². The molecule has 0 aromatic carbocycles. The quantitative estimate of drug-likeness (QED) is 0.585. The third kappa shape index (κ3) is 5.55. The van der Waals surface area contributed by atoms with Crippen molar-refractivity contribution in [2.24, 2.45) is 5.92 Å². The average molecular weight is 279 g/mol. The minimum Gasteiger partial charge on any atom is -0.462 e. The van der Waals surface area contributed by atoms with Crippen LogP contribution in [0.5, 0.6) is 0 Å². The van der Waals surface area contributed by atoms with Crippen molar-refractivity contribution in [1.29, 1.82) is 0 Å². The van der Waals surface area contributed by atoms with Gasteiger partial charge in [0.1, 0.15) is 0 Å². The van der Waals surface area contributed by atoms with Crippen molar-refractivity contribution in [3.8, 4) is 0 Å². The number of rotatable bonds is 8. The van der Waals surface area contributed by atoms with E-state index in [-0.39, 0.29) is 5.97 Å². The largest absolute Gasteiger partial charge is 0.462 e. The van der Waals surface area contributed by atoms with E-state index < -0.39 is 0 Å². The summed E-state index contributed by atoms with van der Waals surface area (Å²) < 4.78 is 4.94. The summed E-state index contributed by atoms with van der Waals surface area (Å²) >= 11 is 0. The fourth-order valence-electron chi connectivity index (χ4n) is 1.84. The Morgan fingerprint density at radius 3 is 2.75 bits per heavy atom. The molecule has 5 nitrogen and oxygen atoms in total. The number of nitrogens with zero attached hydrogens (tertiary/aromatic N) is 2. The Hall–Kier alpha value is -1.65. The highest BCUT2D eigenvalue weighted by Gasteiger charge is 2.12. The molecule has 1 aromatic rings. The van der Waals surface area contributed by atoms with Crippen LogP contribution >= 0.6 is 0 Å². The van der Waals surface area contributed by atoms with Gasteiger partial charge in [0.2, 0.25) is 5.95 Å². The fraction of sp³-hybridized carbons (Fsp3) is 0.667. The lowest BCUT2D eigenvalue weighted by atomic mass is 10.1. The van der Waals surface area contributed by atoms with Crippen molar-refractivity contribution < 1.29 is 9.53 Å². The molecule has 0 atom stereocenters. The molecular weight excluding hydrogens is 254 g/mol. The van der Waals surface area contributed by atoms with E-state index in [9.17, 15) is 4.79 Å². The van der Waals surface area contributed by atoms with Crippen molar-refractivity contribution >= 4 is 11.9 Å². The number of aryl methyl sites for hydroxylation is 1. The molecule has 0 aliphatic carbocycles. The number of hydrogen-bond donors (Lipinski definition) is 1. The first-order valence-electron chi connectivity index (χ1n) is 7.29. The number of carbonyl (C=O) groups is 1. The number of unbranched alkanes of at least 4 members (excludes halogenated alkanes) is 1. The minimum absolute atomic E-state index is 0.355. The van der Waals surface area contributed by atoms with Crippen LogP contribution in [0.15, 0.2) is 6.20 Å². The summed E-state index contributed by atoms with van der Waals surface area (Å²) in [4.78, 5) is 20.1. The van der Waals surface area contributed by atoms with E-state index in [1.165, 1.54) is 19.0 Å². The van der Waals surface area contributed by atoms with Crippen LogP contribution in [0.4, 0.5) is 5.95 Å². The molecule has 1 N–H and O–H groups in total. The maximum absolute atomic E-state index is 11.6. The molecule has 0 radical (unpaired) electrons. The highest BCUT2D eigenvalue weighted by atomic mass is 16.5. The van der Waals surface area contributed by atoms with E-state index >= 15 is 0 Å². The molecule has 1 rings (SSSR count). The van der Waals surface area contributed by atoms with Gasteiger partial charge in [-0.25, -0.2) is 14.8 Å². The second kappa shape index (κ2) is 8.51. The molecule has 0 saturated heterocycles. The van der Waals surface area contributed by atoms with Crippen molar-refractivity contribution in [1.82, 2.24) is 9.97 Å². The number of carbonyl (C=O) groups excluding carboxylic acids is 1. The van der Waals surface area contributed by atoms with Crippen LogP contribution in [0.3, 0.4) is 0 Å². The Balaban J connectivity index is 2.45. The average Bonchev–Trinajstić information content (AvgIpc) is 2.38. The maximum atomic E-state index is 11.6. The third-order valence-corrected chi connectivity index (χ3v) is 2.97. The Kier molecular flexibility index (Phi) is 6.98. The van der Waals surface area contributed by atoms with Crippen LogP contribution in [-0.4, -0.2) is 29.1 Å². The van der Waals surface area contributed by atoms with Gasteiger partial charge >= 0.3 is 5.97 Å². The molecule has 0 bridgehead atoms. The second-order valence-electron chi connectivity index (χ2n) is 5.23. The first-order chi connectivity index (χ1) is 9.54. The van der Waals surface area contributed by atoms with E-state index in [1.807, 2.05) is 0 Å². The lowest BCUT2D eigenvalue weighted by molar-refractivity contribution is 0.0524. The standard InChI is InChI=1S/C15H25N3O2/c1-5-20-14(19)13-10-17-15(18-12(13)4)16-9-7-6-8-11(2)3/h10-11H,5-9H2,1-4H3,(H,16,17,18). The molecular formula is C15H25N3O2. The van der Waals surface area contributed by atoms with E-state index in [2.05, 4.69) is 29.1 Å². The Bertz CT molecular complexity index is 433. The zero-order chi connectivity index (χ0) is 15.0. The highest BCUT2D eigenvalue weighted by Crippen LogP contribution is 2.10. The maximum Gasteiger partial charge on any atom is 0.341 e. The molecule has 112 valence electrons. The van der Waals surface area contributed by atoms with Crippen molar-refractivity contribution in [2.45, 2.75) is 47.0 Å². The lowest BCUT2D eigenvalue weighted by Gasteiger charge is -2.08. The van der Waals surface area contributed by atoms with E-state index in [0.717, 1.165) is 18.9 Å². The molecule has 0 amide bonds. The van der Waals surface area contributed by atoms with Gasteiger partial charge in [0.05, 0.1) is 17.9 Å². The summed E-state index contributed by atoms with van der Waals surface area (Å²) in [6.45, 7) is 9.24. The number of ether oxygens (including phenoxy) is 1. The first-order valence-corrected chi connectivity index (χ1v) is 7.29.